The normalized spacial score (nSPS) is 17.8. The number of aryl methyl sites for hydroxylation is 1. The summed E-state index contributed by atoms with van der Waals surface area (Å²) in [5.74, 6) is 0.249. The van der Waals surface area contributed by atoms with Crippen LogP contribution in [0.15, 0.2) is 88.3 Å². The van der Waals surface area contributed by atoms with Crippen molar-refractivity contribution in [1.29, 1.82) is 0 Å². The van der Waals surface area contributed by atoms with Crippen molar-refractivity contribution < 1.29 is 28.9 Å². The highest BCUT2D eigenvalue weighted by Crippen LogP contribution is 2.43. The van der Waals surface area contributed by atoms with Crippen LogP contribution in [0.25, 0.3) is 0 Å². The lowest BCUT2D eigenvalue weighted by Gasteiger charge is -2.31. The number of rotatable bonds is 14. The predicted octanol–water partition coefficient (Wildman–Crippen LogP) is 6.34. The Morgan fingerprint density at radius 3 is 2.36 bits per heavy atom. The largest absolute Gasteiger partial charge is 0.494 e. The number of aliphatic hydroxyl groups excluding tert-OH is 1. The van der Waals surface area contributed by atoms with Gasteiger partial charge in [-0.3, -0.25) is 9.59 Å². The van der Waals surface area contributed by atoms with E-state index in [4.69, 9.17) is 24.3 Å². The van der Waals surface area contributed by atoms with Gasteiger partial charge in [0.2, 0.25) is 5.90 Å². The minimum absolute atomic E-state index is 0.0144. The Kier molecular flexibility index (Phi) is 11.6. The molecule has 8 nitrogen and oxygen atoms in total. The Morgan fingerprint density at radius 2 is 1.70 bits per heavy atom. The van der Waals surface area contributed by atoms with Crippen LogP contribution in [0.2, 0.25) is 0 Å². The molecule has 0 saturated heterocycles. The van der Waals surface area contributed by atoms with Crippen LogP contribution in [0.5, 0.6) is 5.75 Å². The van der Waals surface area contributed by atoms with Gasteiger partial charge >= 0.3 is 5.97 Å². The summed E-state index contributed by atoms with van der Waals surface area (Å²) in [6, 6.07) is 25.0. The number of amides is 1. The number of carbonyl (C=O) groups is 2. The van der Waals surface area contributed by atoms with Gasteiger partial charge in [-0.05, 0) is 87.6 Å². The Labute approximate surface area is 268 Å². The van der Waals surface area contributed by atoms with Gasteiger partial charge in [-0.2, -0.15) is 0 Å². The van der Waals surface area contributed by atoms with Crippen LogP contribution in [0.3, 0.4) is 0 Å². The molecule has 4 rings (SSSR count). The van der Waals surface area contributed by atoms with Crippen LogP contribution in [-0.2, 0) is 25.5 Å². The Balaban J connectivity index is 1.64. The molecule has 0 aliphatic carbocycles. The summed E-state index contributed by atoms with van der Waals surface area (Å²) >= 11 is 3.49. The molecule has 0 fully saturated rings. The SMILES string of the molecule is CC(C)(C)OC(=O)CC[C@@]1(C(=O)NCCCc2ccccc2)N=C(c2ccc(OCCCO)cc2)O[C@@H]1c1ccc(Br)cc1. The predicted molar refractivity (Wildman–Crippen MR) is 174 cm³/mol. The molecule has 234 valence electrons. The van der Waals surface area contributed by atoms with Crippen LogP contribution < -0.4 is 10.1 Å². The lowest BCUT2D eigenvalue weighted by molar-refractivity contribution is -0.155. The molecule has 0 bridgehead atoms. The van der Waals surface area contributed by atoms with Gasteiger partial charge in [-0.1, -0.05) is 58.4 Å². The van der Waals surface area contributed by atoms with E-state index < -0.39 is 23.2 Å². The third kappa shape index (κ3) is 9.16. The molecular weight excluding hydrogens is 624 g/mol. The Bertz CT molecular complexity index is 1400. The fourth-order valence-corrected chi connectivity index (χ4v) is 5.25. The van der Waals surface area contributed by atoms with Crippen molar-refractivity contribution in [1.82, 2.24) is 5.32 Å². The Morgan fingerprint density at radius 1 is 1.00 bits per heavy atom. The fraction of sp³-hybridized carbons (Fsp3) is 0.400. The second-order valence-corrected chi connectivity index (χ2v) is 12.7. The van der Waals surface area contributed by atoms with Gasteiger partial charge in [0, 0.05) is 36.0 Å². The molecule has 0 unspecified atom stereocenters. The van der Waals surface area contributed by atoms with E-state index in [0.717, 1.165) is 22.9 Å². The number of benzene rings is 3. The number of esters is 1. The van der Waals surface area contributed by atoms with Gasteiger partial charge in [0.1, 0.15) is 11.4 Å². The number of nitrogens with zero attached hydrogens (tertiary/aromatic N) is 1. The lowest BCUT2D eigenvalue weighted by Crippen LogP contribution is -2.49. The molecule has 3 aromatic rings. The van der Waals surface area contributed by atoms with E-state index in [1.807, 2.05) is 75.4 Å². The maximum absolute atomic E-state index is 14.2. The number of hydrogen-bond donors (Lipinski definition) is 2. The lowest BCUT2D eigenvalue weighted by atomic mass is 9.83. The van der Waals surface area contributed by atoms with Crippen LogP contribution in [0, 0.1) is 0 Å². The van der Waals surface area contributed by atoms with Crippen molar-refractivity contribution in [3.05, 3.63) is 100 Å². The monoisotopic (exact) mass is 664 g/mol. The molecule has 1 aliphatic rings. The summed E-state index contributed by atoms with van der Waals surface area (Å²) in [5, 5.41) is 12.1. The van der Waals surface area contributed by atoms with Crippen molar-refractivity contribution in [2.45, 2.75) is 70.1 Å². The van der Waals surface area contributed by atoms with Gasteiger partial charge in [0.05, 0.1) is 6.61 Å². The summed E-state index contributed by atoms with van der Waals surface area (Å²) in [6.45, 7) is 6.35. The zero-order valence-electron chi connectivity index (χ0n) is 25.6. The Hall–Kier alpha value is -3.69. The average Bonchev–Trinajstić information content (AvgIpc) is 3.40. The molecule has 2 N–H and O–H groups in total. The zero-order valence-corrected chi connectivity index (χ0v) is 27.1. The highest BCUT2D eigenvalue weighted by molar-refractivity contribution is 9.10. The number of carbonyl (C=O) groups excluding carboxylic acids is 2. The van der Waals surface area contributed by atoms with E-state index in [9.17, 15) is 9.59 Å². The van der Waals surface area contributed by atoms with Gasteiger partial charge in [-0.15, -0.1) is 0 Å². The summed E-state index contributed by atoms with van der Waals surface area (Å²) in [5.41, 5.74) is 0.569. The summed E-state index contributed by atoms with van der Waals surface area (Å²) in [6.07, 6.45) is 1.41. The topological polar surface area (TPSA) is 106 Å². The maximum atomic E-state index is 14.2. The molecule has 0 spiro atoms. The van der Waals surface area contributed by atoms with E-state index in [0.29, 0.717) is 36.8 Å². The van der Waals surface area contributed by atoms with Crippen molar-refractivity contribution in [2.75, 3.05) is 19.8 Å². The van der Waals surface area contributed by atoms with E-state index in [1.165, 1.54) is 5.56 Å². The summed E-state index contributed by atoms with van der Waals surface area (Å²) < 4.78 is 18.7. The smallest absolute Gasteiger partial charge is 0.306 e. The first-order valence-corrected chi connectivity index (χ1v) is 15.8. The number of ether oxygens (including phenoxy) is 3. The highest BCUT2D eigenvalue weighted by Gasteiger charge is 2.53. The molecular formula is C35H41BrN2O6. The van der Waals surface area contributed by atoms with Gasteiger partial charge < -0.3 is 24.6 Å². The van der Waals surface area contributed by atoms with Crippen molar-refractivity contribution >= 4 is 33.7 Å². The van der Waals surface area contributed by atoms with Gasteiger partial charge in [0.15, 0.2) is 11.6 Å². The summed E-state index contributed by atoms with van der Waals surface area (Å²) in [4.78, 5) is 32.1. The number of hydrogen-bond acceptors (Lipinski definition) is 7. The minimum Gasteiger partial charge on any atom is -0.494 e. The second-order valence-electron chi connectivity index (χ2n) is 11.8. The van der Waals surface area contributed by atoms with Crippen LogP contribution in [-0.4, -0.2) is 53.8 Å². The zero-order chi connectivity index (χ0) is 31.6. The van der Waals surface area contributed by atoms with Crippen molar-refractivity contribution in [3.8, 4) is 5.75 Å². The molecule has 2 atom stereocenters. The van der Waals surface area contributed by atoms with E-state index in [-0.39, 0.29) is 25.4 Å². The second kappa shape index (κ2) is 15.3. The average molecular weight is 666 g/mol. The van der Waals surface area contributed by atoms with E-state index >= 15 is 0 Å². The molecule has 1 amide bonds. The van der Waals surface area contributed by atoms with Crippen molar-refractivity contribution in [3.63, 3.8) is 0 Å². The number of aliphatic hydroxyl groups is 1. The molecule has 0 radical (unpaired) electrons. The molecule has 1 heterocycles. The molecule has 44 heavy (non-hydrogen) atoms. The number of halogens is 1. The molecule has 1 aliphatic heterocycles. The van der Waals surface area contributed by atoms with Crippen LogP contribution >= 0.6 is 15.9 Å². The van der Waals surface area contributed by atoms with E-state index in [2.05, 4.69) is 33.4 Å². The molecule has 9 heteroatoms. The minimum atomic E-state index is -1.41. The van der Waals surface area contributed by atoms with E-state index in [1.54, 1.807) is 12.1 Å². The third-order valence-electron chi connectivity index (χ3n) is 7.10. The summed E-state index contributed by atoms with van der Waals surface area (Å²) in [7, 11) is 0. The highest BCUT2D eigenvalue weighted by atomic mass is 79.9. The van der Waals surface area contributed by atoms with Crippen LogP contribution in [0.1, 0.15) is 69.2 Å². The molecule has 3 aromatic carbocycles. The van der Waals surface area contributed by atoms with Gasteiger partial charge in [0.25, 0.3) is 5.91 Å². The van der Waals surface area contributed by atoms with Crippen molar-refractivity contribution in [2.24, 2.45) is 4.99 Å². The molecule has 0 saturated carbocycles. The standard InChI is InChI=1S/C35H41BrN2O6/c1-34(2,3)44-30(40)20-21-35(33(41)37-22-7-11-25-9-5-4-6-10-25)31(26-12-16-28(36)17-13-26)43-32(38-35)27-14-18-29(19-15-27)42-24-8-23-39/h4-6,9-10,12-19,31,39H,7-8,11,20-24H2,1-3H3,(H,37,41)/t31-,35-/m1/s1. The number of aliphatic imine (C=N–C) groups is 1. The first-order valence-electron chi connectivity index (χ1n) is 15.0. The first-order chi connectivity index (χ1) is 21.1. The molecule has 0 aromatic heterocycles. The van der Waals surface area contributed by atoms with Gasteiger partial charge in [-0.25, -0.2) is 4.99 Å². The number of nitrogens with one attached hydrogen (secondary N) is 1. The third-order valence-corrected chi connectivity index (χ3v) is 7.63. The first kappa shape index (κ1) is 33.2. The maximum Gasteiger partial charge on any atom is 0.306 e. The quantitative estimate of drug-likeness (QED) is 0.154. The van der Waals surface area contributed by atoms with Crippen LogP contribution in [0.4, 0.5) is 0 Å². The fourth-order valence-electron chi connectivity index (χ4n) is 4.99.